The predicted octanol–water partition coefficient (Wildman–Crippen LogP) is 3.57. The van der Waals surface area contributed by atoms with E-state index in [2.05, 4.69) is 6.92 Å². The summed E-state index contributed by atoms with van der Waals surface area (Å²) in [4.78, 5) is 22.1. The zero-order valence-corrected chi connectivity index (χ0v) is 11.6. The summed E-state index contributed by atoms with van der Waals surface area (Å²) in [5.41, 5.74) is 0.411. The lowest BCUT2D eigenvalue weighted by Crippen LogP contribution is -2.04. The molecular formula is C14H17ClO4. The van der Waals surface area contributed by atoms with E-state index in [9.17, 15) is 9.59 Å². The number of carboxylic acids is 1. The van der Waals surface area contributed by atoms with E-state index in [1.807, 2.05) is 0 Å². The molecule has 1 rings (SSSR count). The Kier molecular flexibility index (Phi) is 6.36. The number of carbonyl (C=O) groups excluding carboxylic acids is 1. The number of ether oxygens (including phenoxy) is 1. The first kappa shape index (κ1) is 15.5. The van der Waals surface area contributed by atoms with E-state index in [0.29, 0.717) is 22.9 Å². The Morgan fingerprint density at radius 1 is 1.32 bits per heavy atom. The molecule has 0 spiro atoms. The minimum atomic E-state index is -0.987. The fourth-order valence-electron chi connectivity index (χ4n) is 1.48. The Labute approximate surface area is 117 Å². The summed E-state index contributed by atoms with van der Waals surface area (Å²) in [6, 6.07) is 4.77. The third kappa shape index (κ3) is 5.30. The van der Waals surface area contributed by atoms with Gasteiger partial charge in [-0.15, -0.1) is 0 Å². The van der Waals surface area contributed by atoms with Crippen molar-refractivity contribution in [3.05, 3.63) is 28.8 Å². The van der Waals surface area contributed by atoms with Gasteiger partial charge in [0.25, 0.3) is 0 Å². The molecule has 0 aliphatic rings. The zero-order valence-electron chi connectivity index (χ0n) is 10.8. The topological polar surface area (TPSA) is 63.6 Å². The summed E-state index contributed by atoms with van der Waals surface area (Å²) < 4.78 is 5.47. The molecule has 0 aliphatic carbocycles. The van der Waals surface area contributed by atoms with Crippen molar-refractivity contribution >= 4 is 23.4 Å². The molecule has 0 unspecified atom stereocenters. The van der Waals surface area contributed by atoms with Gasteiger partial charge in [0, 0.05) is 12.0 Å². The molecule has 0 atom stereocenters. The van der Waals surface area contributed by atoms with Crippen LogP contribution in [0.15, 0.2) is 18.2 Å². The van der Waals surface area contributed by atoms with Crippen LogP contribution in [-0.4, -0.2) is 23.5 Å². The normalized spacial score (nSPS) is 10.2. The second kappa shape index (κ2) is 7.79. The van der Waals surface area contributed by atoms with Gasteiger partial charge in [0.1, 0.15) is 5.75 Å². The molecule has 0 radical (unpaired) electrons. The maximum absolute atomic E-state index is 11.7. The minimum absolute atomic E-state index is 0.0261. The van der Waals surface area contributed by atoms with Gasteiger partial charge in [0.05, 0.1) is 18.1 Å². The number of carbonyl (C=O) groups is 2. The quantitative estimate of drug-likeness (QED) is 0.585. The fraction of sp³-hybridized carbons (Fsp3) is 0.429. The largest absolute Gasteiger partial charge is 0.492 e. The van der Waals surface area contributed by atoms with Gasteiger partial charge >= 0.3 is 5.97 Å². The van der Waals surface area contributed by atoms with E-state index in [-0.39, 0.29) is 18.6 Å². The van der Waals surface area contributed by atoms with Crippen LogP contribution in [0, 0.1) is 0 Å². The molecule has 0 amide bonds. The van der Waals surface area contributed by atoms with Crippen molar-refractivity contribution in [3.8, 4) is 5.75 Å². The molecule has 4 nitrogen and oxygen atoms in total. The highest BCUT2D eigenvalue weighted by Gasteiger charge is 2.11. The highest BCUT2D eigenvalue weighted by atomic mass is 35.5. The lowest BCUT2D eigenvalue weighted by molar-refractivity contribution is -0.136. The number of hydrogen-bond acceptors (Lipinski definition) is 3. The molecule has 0 saturated heterocycles. The van der Waals surface area contributed by atoms with Crippen LogP contribution in [0.25, 0.3) is 0 Å². The number of rotatable bonds is 8. The average Bonchev–Trinajstić information content (AvgIpc) is 2.38. The van der Waals surface area contributed by atoms with Crippen LogP contribution in [-0.2, 0) is 4.79 Å². The molecular weight excluding hydrogens is 268 g/mol. The van der Waals surface area contributed by atoms with Gasteiger partial charge in [-0.2, -0.15) is 0 Å². The molecule has 1 aromatic carbocycles. The maximum atomic E-state index is 11.7. The van der Waals surface area contributed by atoms with Crippen LogP contribution in [0.4, 0.5) is 0 Å². The number of unbranched alkanes of at least 4 members (excludes halogenated alkanes) is 1. The number of Topliss-reactive ketones (excluding diaryl/α,β-unsaturated/α-hetero) is 1. The highest BCUT2D eigenvalue weighted by molar-refractivity contribution is 6.32. The van der Waals surface area contributed by atoms with E-state index in [0.717, 1.165) is 12.8 Å². The van der Waals surface area contributed by atoms with E-state index in [1.165, 1.54) is 6.07 Å². The van der Waals surface area contributed by atoms with Crippen molar-refractivity contribution in [2.75, 3.05) is 6.61 Å². The summed E-state index contributed by atoms with van der Waals surface area (Å²) >= 11 is 6.02. The summed E-state index contributed by atoms with van der Waals surface area (Å²) in [6.45, 7) is 2.65. The van der Waals surface area contributed by atoms with Gasteiger partial charge < -0.3 is 9.84 Å². The number of ketones is 1. The lowest BCUT2D eigenvalue weighted by atomic mass is 10.1. The summed E-state index contributed by atoms with van der Waals surface area (Å²) in [6.07, 6.45) is 1.77. The van der Waals surface area contributed by atoms with E-state index >= 15 is 0 Å². The molecule has 104 valence electrons. The smallest absolute Gasteiger partial charge is 0.303 e. The number of aliphatic carboxylic acids is 1. The van der Waals surface area contributed by atoms with Crippen LogP contribution >= 0.6 is 11.6 Å². The van der Waals surface area contributed by atoms with Crippen molar-refractivity contribution in [1.82, 2.24) is 0 Å². The third-order valence-corrected chi connectivity index (χ3v) is 2.87. The molecule has 0 bridgehead atoms. The molecule has 0 heterocycles. The number of benzene rings is 1. The SMILES string of the molecule is CCCCOc1ccc(C(=O)CCC(=O)O)cc1Cl. The first-order valence-electron chi connectivity index (χ1n) is 6.22. The highest BCUT2D eigenvalue weighted by Crippen LogP contribution is 2.26. The molecule has 0 fully saturated rings. The van der Waals surface area contributed by atoms with E-state index in [1.54, 1.807) is 12.1 Å². The number of halogens is 1. The van der Waals surface area contributed by atoms with Gasteiger partial charge in [-0.1, -0.05) is 24.9 Å². The van der Waals surface area contributed by atoms with Gasteiger partial charge in [0.15, 0.2) is 5.78 Å². The molecule has 5 heteroatoms. The molecule has 1 N–H and O–H groups in total. The molecule has 0 aliphatic heterocycles. The Hall–Kier alpha value is -1.55. The lowest BCUT2D eigenvalue weighted by Gasteiger charge is -2.08. The Balaban J connectivity index is 2.65. The Morgan fingerprint density at radius 3 is 2.63 bits per heavy atom. The van der Waals surface area contributed by atoms with Crippen molar-refractivity contribution in [2.45, 2.75) is 32.6 Å². The fourth-order valence-corrected chi connectivity index (χ4v) is 1.72. The first-order chi connectivity index (χ1) is 9.04. The van der Waals surface area contributed by atoms with Crippen LogP contribution in [0.2, 0.25) is 5.02 Å². The zero-order chi connectivity index (χ0) is 14.3. The second-order valence-corrected chi connectivity index (χ2v) is 4.57. The summed E-state index contributed by atoms with van der Waals surface area (Å²) in [5, 5.41) is 8.90. The maximum Gasteiger partial charge on any atom is 0.303 e. The Morgan fingerprint density at radius 2 is 2.05 bits per heavy atom. The molecule has 0 aromatic heterocycles. The van der Waals surface area contributed by atoms with Crippen molar-refractivity contribution in [2.24, 2.45) is 0 Å². The number of carboxylic acid groups (broad SMARTS) is 1. The van der Waals surface area contributed by atoms with Gasteiger partial charge in [-0.25, -0.2) is 0 Å². The van der Waals surface area contributed by atoms with Gasteiger partial charge in [0.2, 0.25) is 0 Å². The summed E-state index contributed by atoms with van der Waals surface area (Å²) in [5.74, 6) is -0.673. The number of hydrogen-bond donors (Lipinski definition) is 1. The van der Waals surface area contributed by atoms with Crippen LogP contribution in [0.1, 0.15) is 43.0 Å². The predicted molar refractivity (Wildman–Crippen MR) is 73.1 cm³/mol. The second-order valence-electron chi connectivity index (χ2n) is 4.16. The van der Waals surface area contributed by atoms with Crippen molar-refractivity contribution in [1.29, 1.82) is 0 Å². The van der Waals surface area contributed by atoms with Gasteiger partial charge in [-0.05, 0) is 24.6 Å². The van der Waals surface area contributed by atoms with E-state index < -0.39 is 5.97 Å². The van der Waals surface area contributed by atoms with Crippen LogP contribution < -0.4 is 4.74 Å². The third-order valence-electron chi connectivity index (χ3n) is 2.58. The first-order valence-corrected chi connectivity index (χ1v) is 6.59. The van der Waals surface area contributed by atoms with Crippen molar-refractivity contribution < 1.29 is 19.4 Å². The van der Waals surface area contributed by atoms with Gasteiger partial charge in [-0.3, -0.25) is 9.59 Å². The van der Waals surface area contributed by atoms with E-state index in [4.69, 9.17) is 21.4 Å². The average molecular weight is 285 g/mol. The summed E-state index contributed by atoms with van der Waals surface area (Å²) in [7, 11) is 0. The molecule has 0 saturated carbocycles. The minimum Gasteiger partial charge on any atom is -0.492 e. The molecule has 19 heavy (non-hydrogen) atoms. The van der Waals surface area contributed by atoms with Crippen LogP contribution in [0.3, 0.4) is 0 Å². The Bertz CT molecular complexity index is 457. The molecule has 1 aromatic rings. The standard InChI is InChI=1S/C14H17ClO4/c1-2-3-8-19-13-6-4-10(9-11(13)15)12(16)5-7-14(17)18/h4,6,9H,2-3,5,7-8H2,1H3,(H,17,18). The van der Waals surface area contributed by atoms with Crippen molar-refractivity contribution in [3.63, 3.8) is 0 Å². The monoisotopic (exact) mass is 284 g/mol. The van der Waals surface area contributed by atoms with Crippen LogP contribution in [0.5, 0.6) is 5.75 Å².